The Hall–Kier alpha value is -2.01. The maximum atomic E-state index is 5.54. The van der Waals surface area contributed by atoms with E-state index in [-0.39, 0.29) is 5.41 Å². The van der Waals surface area contributed by atoms with E-state index in [1.807, 2.05) is 29.1 Å². The predicted octanol–water partition coefficient (Wildman–Crippen LogP) is 2.59. The van der Waals surface area contributed by atoms with Gasteiger partial charge in [0.15, 0.2) is 0 Å². The second-order valence-electron chi connectivity index (χ2n) is 6.95. The highest BCUT2D eigenvalue weighted by atomic mass is 16.5. The minimum atomic E-state index is -0.0163. The number of hydrogen-bond acceptors (Lipinski definition) is 4. The molecule has 0 unspecified atom stereocenters. The first-order valence-electron chi connectivity index (χ1n) is 8.20. The predicted molar refractivity (Wildman–Crippen MR) is 93.9 cm³/mol. The van der Waals surface area contributed by atoms with Crippen LogP contribution in [-0.2, 0) is 5.41 Å². The average Bonchev–Trinajstić information content (AvgIpc) is 3.01. The zero-order valence-electron chi connectivity index (χ0n) is 14.5. The quantitative estimate of drug-likeness (QED) is 0.945. The van der Waals surface area contributed by atoms with Crippen LogP contribution in [-0.4, -0.2) is 43.1 Å². The summed E-state index contributed by atoms with van der Waals surface area (Å²) in [6.45, 7) is 10.8. The van der Waals surface area contributed by atoms with Gasteiger partial charge in [-0.25, -0.2) is 4.68 Å². The fourth-order valence-corrected chi connectivity index (χ4v) is 3.17. The highest BCUT2D eigenvalue weighted by Gasteiger charge is 2.28. The first kappa shape index (κ1) is 15.9. The van der Waals surface area contributed by atoms with Gasteiger partial charge in [-0.05, 0) is 12.1 Å². The molecule has 1 fully saturated rings. The lowest BCUT2D eigenvalue weighted by atomic mass is 9.90. The van der Waals surface area contributed by atoms with Gasteiger partial charge in [0, 0.05) is 31.6 Å². The summed E-state index contributed by atoms with van der Waals surface area (Å²) in [5, 5.41) is 8.12. The van der Waals surface area contributed by atoms with Gasteiger partial charge >= 0.3 is 0 Å². The Morgan fingerprint density at radius 3 is 2.43 bits per heavy atom. The second kappa shape index (κ2) is 6.24. The van der Waals surface area contributed by atoms with Crippen molar-refractivity contribution in [3.05, 3.63) is 36.2 Å². The SMILES string of the molecule is COc1ccccc1-n1ncc(N2CCNCC2)c1C(C)(C)C. The summed E-state index contributed by atoms with van der Waals surface area (Å²) < 4.78 is 7.58. The van der Waals surface area contributed by atoms with E-state index >= 15 is 0 Å². The van der Waals surface area contributed by atoms with Gasteiger partial charge in [-0.1, -0.05) is 32.9 Å². The molecule has 2 heterocycles. The summed E-state index contributed by atoms with van der Waals surface area (Å²) in [4.78, 5) is 2.43. The van der Waals surface area contributed by atoms with Crippen LogP contribution in [0.3, 0.4) is 0 Å². The molecular formula is C18H26N4O. The van der Waals surface area contributed by atoms with Crippen molar-refractivity contribution in [2.75, 3.05) is 38.2 Å². The molecular weight excluding hydrogens is 288 g/mol. The fourth-order valence-electron chi connectivity index (χ4n) is 3.17. The van der Waals surface area contributed by atoms with Crippen LogP contribution in [0.25, 0.3) is 5.69 Å². The summed E-state index contributed by atoms with van der Waals surface area (Å²) >= 11 is 0. The smallest absolute Gasteiger partial charge is 0.144 e. The van der Waals surface area contributed by atoms with Gasteiger partial charge in [0.2, 0.25) is 0 Å². The number of rotatable bonds is 3. The molecule has 2 aromatic rings. The van der Waals surface area contributed by atoms with Crippen LogP contribution >= 0.6 is 0 Å². The van der Waals surface area contributed by atoms with Crippen molar-refractivity contribution < 1.29 is 4.74 Å². The van der Waals surface area contributed by atoms with Crippen LogP contribution in [0.2, 0.25) is 0 Å². The van der Waals surface area contributed by atoms with E-state index in [1.165, 1.54) is 11.4 Å². The standard InChI is InChI=1S/C18H26N4O/c1-18(2,3)17-15(21-11-9-19-10-12-21)13-20-22(17)14-7-5-6-8-16(14)23-4/h5-8,13,19H,9-12H2,1-4H3. The van der Waals surface area contributed by atoms with Gasteiger partial charge in [0.25, 0.3) is 0 Å². The number of hydrogen-bond donors (Lipinski definition) is 1. The molecule has 1 aliphatic rings. The largest absolute Gasteiger partial charge is 0.494 e. The van der Waals surface area contributed by atoms with Gasteiger partial charge in [-0.15, -0.1) is 0 Å². The number of nitrogens with zero attached hydrogens (tertiary/aromatic N) is 3. The molecule has 0 amide bonds. The third-order valence-electron chi connectivity index (χ3n) is 4.23. The average molecular weight is 314 g/mol. The van der Waals surface area contributed by atoms with Crippen molar-refractivity contribution in [3.8, 4) is 11.4 Å². The van der Waals surface area contributed by atoms with Crippen molar-refractivity contribution in [2.24, 2.45) is 0 Å². The maximum Gasteiger partial charge on any atom is 0.144 e. The number of anilines is 1. The molecule has 0 bridgehead atoms. The normalized spacial score (nSPS) is 15.7. The monoisotopic (exact) mass is 314 g/mol. The van der Waals surface area contributed by atoms with Crippen molar-refractivity contribution in [3.63, 3.8) is 0 Å². The summed E-state index contributed by atoms with van der Waals surface area (Å²) in [6.07, 6.45) is 2.00. The van der Waals surface area contributed by atoms with Crippen LogP contribution < -0.4 is 15.0 Å². The highest BCUT2D eigenvalue weighted by molar-refractivity contribution is 5.58. The van der Waals surface area contributed by atoms with Crippen LogP contribution in [0.5, 0.6) is 5.75 Å². The molecule has 1 saturated heterocycles. The van der Waals surface area contributed by atoms with E-state index in [4.69, 9.17) is 9.84 Å². The van der Waals surface area contributed by atoms with Crippen LogP contribution in [0, 0.1) is 0 Å². The lowest BCUT2D eigenvalue weighted by molar-refractivity contribution is 0.410. The number of methoxy groups -OCH3 is 1. The molecule has 0 saturated carbocycles. The number of benzene rings is 1. The minimum absolute atomic E-state index is 0.0163. The van der Waals surface area contributed by atoms with Crippen molar-refractivity contribution in [2.45, 2.75) is 26.2 Å². The zero-order chi connectivity index (χ0) is 16.4. The molecule has 1 aromatic carbocycles. The number of para-hydroxylation sites is 2. The second-order valence-corrected chi connectivity index (χ2v) is 6.95. The van der Waals surface area contributed by atoms with Crippen molar-refractivity contribution >= 4 is 5.69 Å². The molecule has 0 spiro atoms. The fraction of sp³-hybridized carbons (Fsp3) is 0.500. The van der Waals surface area contributed by atoms with Crippen molar-refractivity contribution in [1.82, 2.24) is 15.1 Å². The Morgan fingerprint density at radius 2 is 1.78 bits per heavy atom. The van der Waals surface area contributed by atoms with Gasteiger partial charge in [0.1, 0.15) is 11.4 Å². The molecule has 0 aliphatic carbocycles. The molecule has 0 atom stereocenters. The zero-order valence-corrected chi connectivity index (χ0v) is 14.5. The molecule has 1 aromatic heterocycles. The third-order valence-corrected chi connectivity index (χ3v) is 4.23. The van der Waals surface area contributed by atoms with Crippen LogP contribution in [0.1, 0.15) is 26.5 Å². The van der Waals surface area contributed by atoms with E-state index in [0.717, 1.165) is 37.6 Å². The molecule has 5 heteroatoms. The maximum absolute atomic E-state index is 5.54. The minimum Gasteiger partial charge on any atom is -0.494 e. The Bertz CT molecular complexity index is 666. The molecule has 1 N–H and O–H groups in total. The molecule has 124 valence electrons. The summed E-state index contributed by atoms with van der Waals surface area (Å²) in [6, 6.07) is 8.05. The lowest BCUT2D eigenvalue weighted by Gasteiger charge is -2.32. The molecule has 23 heavy (non-hydrogen) atoms. The Labute approximate surface area is 138 Å². The van der Waals surface area contributed by atoms with E-state index in [9.17, 15) is 0 Å². The van der Waals surface area contributed by atoms with E-state index in [2.05, 4.69) is 37.1 Å². The lowest BCUT2D eigenvalue weighted by Crippen LogP contribution is -2.44. The molecule has 3 rings (SSSR count). The number of piperazine rings is 1. The van der Waals surface area contributed by atoms with Gasteiger partial charge in [-0.3, -0.25) is 0 Å². The van der Waals surface area contributed by atoms with Gasteiger partial charge in [-0.2, -0.15) is 5.10 Å². The number of ether oxygens (including phenoxy) is 1. The van der Waals surface area contributed by atoms with Gasteiger partial charge in [0.05, 0.1) is 24.7 Å². The third kappa shape index (κ3) is 3.06. The summed E-state index contributed by atoms with van der Waals surface area (Å²) in [7, 11) is 1.70. The first-order chi connectivity index (χ1) is 11.0. The van der Waals surface area contributed by atoms with Crippen LogP contribution in [0.15, 0.2) is 30.5 Å². The summed E-state index contributed by atoms with van der Waals surface area (Å²) in [5.74, 6) is 0.841. The molecule has 0 radical (unpaired) electrons. The van der Waals surface area contributed by atoms with E-state index in [1.54, 1.807) is 7.11 Å². The number of aromatic nitrogens is 2. The van der Waals surface area contributed by atoms with Gasteiger partial charge < -0.3 is 15.0 Å². The van der Waals surface area contributed by atoms with E-state index in [0.29, 0.717) is 0 Å². The molecule has 1 aliphatic heterocycles. The topological polar surface area (TPSA) is 42.3 Å². The highest BCUT2D eigenvalue weighted by Crippen LogP contribution is 2.36. The number of nitrogens with one attached hydrogen (secondary N) is 1. The Balaban J connectivity index is 2.12. The summed E-state index contributed by atoms with van der Waals surface area (Å²) in [5.41, 5.74) is 3.42. The molecule has 5 nitrogen and oxygen atoms in total. The van der Waals surface area contributed by atoms with Crippen LogP contribution in [0.4, 0.5) is 5.69 Å². The Kier molecular flexibility index (Phi) is 4.31. The first-order valence-corrected chi connectivity index (χ1v) is 8.20. The Morgan fingerprint density at radius 1 is 1.09 bits per heavy atom. The van der Waals surface area contributed by atoms with E-state index < -0.39 is 0 Å². The van der Waals surface area contributed by atoms with Crippen molar-refractivity contribution in [1.29, 1.82) is 0 Å².